The monoisotopic (exact) mass is 449 g/mol. The van der Waals surface area contributed by atoms with E-state index in [0.29, 0.717) is 0 Å². The second-order valence-corrected chi connectivity index (χ2v) is 7.18. The second-order valence-electron chi connectivity index (χ2n) is 6.84. The van der Waals surface area contributed by atoms with E-state index in [-0.39, 0.29) is 39.9 Å². The Hall–Kier alpha value is -3.11. The van der Waals surface area contributed by atoms with Gasteiger partial charge in [-0.05, 0) is 36.2 Å². The largest absolute Gasteiger partial charge is 0.366 e. The van der Waals surface area contributed by atoms with Crippen LogP contribution < -0.4 is 5.32 Å². The van der Waals surface area contributed by atoms with Crippen molar-refractivity contribution in [2.45, 2.75) is 24.9 Å². The standard InChI is InChI=1S/C20H15ClF3N5O2/c21-19-27-8-11(9-28-19)18(30)29-16-12(15-13(22)2-1-6-25-15)4-7-26-17(16)14-3-5-20(23,24)10-31-14/h1-2,4,6-9,14H,3,5,10H2,(H,29,30). The number of halogens is 4. The van der Waals surface area contributed by atoms with Gasteiger partial charge in [0.25, 0.3) is 11.8 Å². The molecule has 160 valence electrons. The summed E-state index contributed by atoms with van der Waals surface area (Å²) in [6, 6.07) is 4.12. The molecule has 3 aromatic rings. The lowest BCUT2D eigenvalue weighted by Gasteiger charge is -2.30. The molecule has 0 saturated carbocycles. The summed E-state index contributed by atoms with van der Waals surface area (Å²) in [6.07, 6.45) is 3.98. The van der Waals surface area contributed by atoms with Crippen LogP contribution in [0.2, 0.25) is 5.28 Å². The molecule has 31 heavy (non-hydrogen) atoms. The molecule has 1 N–H and O–H groups in total. The Bertz CT molecular complexity index is 1100. The van der Waals surface area contributed by atoms with Crippen LogP contribution in [-0.2, 0) is 4.74 Å². The van der Waals surface area contributed by atoms with Crippen LogP contribution in [0.4, 0.5) is 18.9 Å². The number of anilines is 1. The van der Waals surface area contributed by atoms with Gasteiger partial charge in [-0.2, -0.15) is 0 Å². The third kappa shape index (κ3) is 4.64. The van der Waals surface area contributed by atoms with Crippen molar-refractivity contribution >= 4 is 23.2 Å². The van der Waals surface area contributed by atoms with Crippen LogP contribution in [0.5, 0.6) is 0 Å². The van der Waals surface area contributed by atoms with Crippen molar-refractivity contribution in [2.75, 3.05) is 11.9 Å². The Morgan fingerprint density at radius 3 is 2.61 bits per heavy atom. The summed E-state index contributed by atoms with van der Waals surface area (Å²) in [5.41, 5.74) is 0.585. The Morgan fingerprint density at radius 1 is 1.16 bits per heavy atom. The number of aromatic nitrogens is 4. The van der Waals surface area contributed by atoms with Gasteiger partial charge in [0.15, 0.2) is 0 Å². The highest BCUT2D eigenvalue weighted by molar-refractivity contribution is 6.28. The molecule has 0 spiro atoms. The number of hydrogen-bond donors (Lipinski definition) is 1. The molecule has 4 heterocycles. The third-order valence-corrected chi connectivity index (χ3v) is 4.88. The first-order valence-electron chi connectivity index (χ1n) is 9.22. The molecule has 11 heteroatoms. The molecular formula is C20H15ClF3N5O2. The van der Waals surface area contributed by atoms with E-state index in [0.717, 1.165) is 0 Å². The van der Waals surface area contributed by atoms with Crippen molar-refractivity contribution < 1.29 is 22.7 Å². The normalized spacial score (nSPS) is 17.9. The molecule has 0 aromatic carbocycles. The summed E-state index contributed by atoms with van der Waals surface area (Å²) in [4.78, 5) is 28.6. The van der Waals surface area contributed by atoms with Gasteiger partial charge in [-0.3, -0.25) is 14.8 Å². The molecule has 0 bridgehead atoms. The summed E-state index contributed by atoms with van der Waals surface area (Å²) in [6.45, 7) is -0.778. The quantitative estimate of drug-likeness (QED) is 0.591. The molecule has 1 atom stereocenters. The van der Waals surface area contributed by atoms with E-state index in [1.54, 1.807) is 0 Å². The molecule has 7 nitrogen and oxygen atoms in total. The van der Waals surface area contributed by atoms with E-state index in [2.05, 4.69) is 25.3 Å². The molecular weight excluding hydrogens is 435 g/mol. The molecule has 1 aliphatic rings. The fraction of sp³-hybridized carbons (Fsp3) is 0.250. The van der Waals surface area contributed by atoms with E-state index in [1.165, 1.54) is 43.0 Å². The minimum Gasteiger partial charge on any atom is -0.366 e. The number of ether oxygens (including phenoxy) is 1. The van der Waals surface area contributed by atoms with Gasteiger partial charge >= 0.3 is 0 Å². The smallest absolute Gasteiger partial charge is 0.271 e. The van der Waals surface area contributed by atoms with Crippen molar-refractivity contribution in [1.29, 1.82) is 0 Å². The van der Waals surface area contributed by atoms with E-state index in [9.17, 15) is 18.0 Å². The third-order valence-electron chi connectivity index (χ3n) is 4.69. The molecule has 4 rings (SSSR count). The Kier molecular flexibility index (Phi) is 5.84. The number of pyridine rings is 2. The summed E-state index contributed by atoms with van der Waals surface area (Å²) in [5, 5.41) is 2.62. The van der Waals surface area contributed by atoms with Crippen molar-refractivity contribution in [3.8, 4) is 11.3 Å². The molecule has 1 amide bonds. The van der Waals surface area contributed by atoms with Gasteiger partial charge in [-0.1, -0.05) is 0 Å². The minimum atomic E-state index is -2.94. The van der Waals surface area contributed by atoms with Crippen LogP contribution >= 0.6 is 11.6 Å². The van der Waals surface area contributed by atoms with Gasteiger partial charge in [-0.15, -0.1) is 0 Å². The highest BCUT2D eigenvalue weighted by atomic mass is 35.5. The maximum absolute atomic E-state index is 14.5. The maximum atomic E-state index is 14.5. The fourth-order valence-electron chi connectivity index (χ4n) is 3.19. The van der Waals surface area contributed by atoms with Crippen LogP contribution in [-0.4, -0.2) is 38.4 Å². The first kappa shape index (κ1) is 21.1. The van der Waals surface area contributed by atoms with Crippen LogP contribution in [0.3, 0.4) is 0 Å². The van der Waals surface area contributed by atoms with Gasteiger partial charge in [0.2, 0.25) is 5.28 Å². The average Bonchev–Trinajstić information content (AvgIpc) is 2.75. The Labute approximate surface area is 179 Å². The van der Waals surface area contributed by atoms with E-state index in [4.69, 9.17) is 16.3 Å². The molecule has 3 aromatic heterocycles. The zero-order valence-electron chi connectivity index (χ0n) is 15.9. The predicted molar refractivity (Wildman–Crippen MR) is 105 cm³/mol. The van der Waals surface area contributed by atoms with E-state index >= 15 is 0 Å². The first-order chi connectivity index (χ1) is 14.8. The predicted octanol–water partition coefficient (Wildman–Crippen LogP) is 4.47. The van der Waals surface area contributed by atoms with E-state index < -0.39 is 36.8 Å². The number of carbonyl (C=O) groups excluding carboxylic acids is 1. The lowest BCUT2D eigenvalue weighted by atomic mass is 9.99. The number of carbonyl (C=O) groups is 1. The Morgan fingerprint density at radius 2 is 1.94 bits per heavy atom. The number of alkyl halides is 2. The molecule has 1 aliphatic heterocycles. The van der Waals surface area contributed by atoms with Crippen LogP contribution in [0.15, 0.2) is 43.0 Å². The van der Waals surface area contributed by atoms with Crippen LogP contribution in [0.25, 0.3) is 11.3 Å². The van der Waals surface area contributed by atoms with Gasteiger partial charge in [0.05, 0.1) is 16.9 Å². The number of amides is 1. The summed E-state index contributed by atoms with van der Waals surface area (Å²) < 4.78 is 46.9. The lowest BCUT2D eigenvalue weighted by Crippen LogP contribution is -2.31. The lowest BCUT2D eigenvalue weighted by molar-refractivity contribution is -0.146. The number of nitrogens with one attached hydrogen (secondary N) is 1. The van der Waals surface area contributed by atoms with Crippen molar-refractivity contribution in [3.63, 3.8) is 0 Å². The van der Waals surface area contributed by atoms with Crippen molar-refractivity contribution in [3.05, 3.63) is 65.3 Å². The molecule has 1 fully saturated rings. The fourth-order valence-corrected chi connectivity index (χ4v) is 3.28. The van der Waals surface area contributed by atoms with Gasteiger partial charge < -0.3 is 10.1 Å². The highest BCUT2D eigenvalue weighted by Crippen LogP contribution is 2.40. The zero-order chi connectivity index (χ0) is 22.0. The van der Waals surface area contributed by atoms with Crippen molar-refractivity contribution in [1.82, 2.24) is 19.9 Å². The van der Waals surface area contributed by atoms with Crippen molar-refractivity contribution in [2.24, 2.45) is 0 Å². The number of rotatable bonds is 4. The SMILES string of the molecule is O=C(Nc1c(-c2ncccc2F)ccnc1C1CCC(F)(F)CO1)c1cnc(Cl)nc1. The Balaban J connectivity index is 1.76. The van der Waals surface area contributed by atoms with Gasteiger partial charge in [0, 0.05) is 36.8 Å². The first-order valence-corrected chi connectivity index (χ1v) is 9.60. The molecule has 0 radical (unpaired) electrons. The van der Waals surface area contributed by atoms with Gasteiger partial charge in [0.1, 0.15) is 24.2 Å². The summed E-state index contributed by atoms with van der Waals surface area (Å²) in [5.74, 6) is -4.18. The van der Waals surface area contributed by atoms with Crippen LogP contribution in [0.1, 0.15) is 35.0 Å². The van der Waals surface area contributed by atoms with E-state index in [1.807, 2.05) is 0 Å². The molecule has 0 aliphatic carbocycles. The van der Waals surface area contributed by atoms with Gasteiger partial charge in [-0.25, -0.2) is 23.1 Å². The number of hydrogen-bond acceptors (Lipinski definition) is 6. The summed E-state index contributed by atoms with van der Waals surface area (Å²) >= 11 is 5.66. The maximum Gasteiger partial charge on any atom is 0.271 e. The molecule has 1 unspecified atom stereocenters. The highest BCUT2D eigenvalue weighted by Gasteiger charge is 2.38. The average molecular weight is 450 g/mol. The zero-order valence-corrected chi connectivity index (χ0v) is 16.6. The molecule has 1 saturated heterocycles. The summed E-state index contributed by atoms with van der Waals surface area (Å²) in [7, 11) is 0. The number of nitrogens with zero attached hydrogens (tertiary/aromatic N) is 4. The minimum absolute atomic E-state index is 0.0267. The van der Waals surface area contributed by atoms with Crippen LogP contribution in [0, 0.1) is 5.82 Å². The topological polar surface area (TPSA) is 89.9 Å². The second kappa shape index (κ2) is 8.56.